The maximum absolute atomic E-state index is 12.9. The van der Waals surface area contributed by atoms with Crippen molar-refractivity contribution in [2.75, 3.05) is 18.4 Å². The maximum Gasteiger partial charge on any atom is 0.271 e. The van der Waals surface area contributed by atoms with Crippen LogP contribution in [0.5, 0.6) is 0 Å². The summed E-state index contributed by atoms with van der Waals surface area (Å²) in [6, 6.07) is 8.46. The van der Waals surface area contributed by atoms with Gasteiger partial charge in [-0.3, -0.25) is 14.9 Å². The predicted molar refractivity (Wildman–Crippen MR) is 120 cm³/mol. The molecule has 0 radical (unpaired) electrons. The Balaban J connectivity index is 1.73. The van der Waals surface area contributed by atoms with Crippen LogP contribution in [0.3, 0.4) is 0 Å². The molecule has 0 bridgehead atoms. The van der Waals surface area contributed by atoms with Gasteiger partial charge in [0.1, 0.15) is 0 Å². The minimum atomic E-state index is -3.78. The second-order valence-corrected chi connectivity index (χ2v) is 10.3. The van der Waals surface area contributed by atoms with Crippen LogP contribution in [0.25, 0.3) is 0 Å². The lowest BCUT2D eigenvalue weighted by Gasteiger charge is -2.31. The number of benzene rings is 2. The zero-order chi connectivity index (χ0) is 22.8. The minimum absolute atomic E-state index is 0.0250. The van der Waals surface area contributed by atoms with Crippen molar-refractivity contribution < 1.29 is 18.1 Å². The molecule has 8 nitrogen and oxygen atoms in total. The number of halogens is 3. The van der Waals surface area contributed by atoms with Crippen LogP contribution in [0.15, 0.2) is 36.4 Å². The van der Waals surface area contributed by atoms with E-state index in [9.17, 15) is 23.3 Å². The first kappa shape index (κ1) is 23.7. The van der Waals surface area contributed by atoms with Crippen molar-refractivity contribution in [1.29, 1.82) is 0 Å². The van der Waals surface area contributed by atoms with Crippen LogP contribution in [0, 0.1) is 16.0 Å². The molecule has 1 saturated heterocycles. The zero-order valence-electron chi connectivity index (χ0n) is 16.1. The van der Waals surface area contributed by atoms with Crippen molar-refractivity contribution in [3.05, 3.63) is 67.1 Å². The highest BCUT2D eigenvalue weighted by molar-refractivity contribution is 7.88. The van der Waals surface area contributed by atoms with E-state index in [4.69, 9.17) is 34.8 Å². The fourth-order valence-corrected chi connectivity index (χ4v) is 5.84. The summed E-state index contributed by atoms with van der Waals surface area (Å²) in [6.07, 6.45) is 0.952. The van der Waals surface area contributed by atoms with E-state index in [1.54, 1.807) is 18.2 Å². The number of hydrogen-bond donors (Lipinski definition) is 1. The maximum atomic E-state index is 12.9. The molecule has 2 aromatic carbocycles. The van der Waals surface area contributed by atoms with Gasteiger partial charge in [-0.15, -0.1) is 0 Å². The number of nitro benzene ring substituents is 1. The summed E-state index contributed by atoms with van der Waals surface area (Å²) in [5, 5.41) is 14.2. The average molecular weight is 507 g/mol. The topological polar surface area (TPSA) is 110 Å². The molecule has 3 rings (SSSR count). The lowest BCUT2D eigenvalue weighted by Crippen LogP contribution is -2.44. The van der Waals surface area contributed by atoms with Crippen molar-refractivity contribution in [2.45, 2.75) is 18.6 Å². The summed E-state index contributed by atoms with van der Waals surface area (Å²) in [6.45, 7) is 0.245. The van der Waals surface area contributed by atoms with Gasteiger partial charge in [0, 0.05) is 40.8 Å². The molecule has 0 aromatic heterocycles. The van der Waals surface area contributed by atoms with Crippen LogP contribution in [-0.2, 0) is 20.6 Å². The molecule has 0 unspecified atom stereocenters. The molecule has 1 atom stereocenters. The van der Waals surface area contributed by atoms with E-state index in [0.29, 0.717) is 18.4 Å². The highest BCUT2D eigenvalue weighted by atomic mass is 35.5. The standard InChI is InChI=1S/C19H18Cl3N3O5S/c20-15-4-1-5-16(21)14(15)11-31(29,30)24-8-2-3-12(10-24)19(26)23-18-9-13(25(27)28)6-7-17(18)22/h1,4-7,9,12H,2-3,8,10-11H2,(H,23,26)/t12-/m0/s1. The van der Waals surface area contributed by atoms with Crippen LogP contribution < -0.4 is 5.32 Å². The Morgan fingerprint density at radius 1 is 1.16 bits per heavy atom. The van der Waals surface area contributed by atoms with Gasteiger partial charge in [0.15, 0.2) is 0 Å². The molecule has 1 amide bonds. The number of carbonyl (C=O) groups is 1. The second kappa shape index (κ2) is 9.70. The number of non-ortho nitro benzene ring substituents is 1. The lowest BCUT2D eigenvalue weighted by atomic mass is 9.98. The Hall–Kier alpha value is -1.91. The Kier molecular flexibility index (Phi) is 7.43. The van der Waals surface area contributed by atoms with Gasteiger partial charge < -0.3 is 5.32 Å². The summed E-state index contributed by atoms with van der Waals surface area (Å²) in [4.78, 5) is 23.1. The largest absolute Gasteiger partial charge is 0.324 e. The molecule has 1 fully saturated rings. The summed E-state index contributed by atoms with van der Waals surface area (Å²) in [5.74, 6) is -1.48. The number of nitro groups is 1. The van der Waals surface area contributed by atoms with Gasteiger partial charge in [-0.05, 0) is 31.0 Å². The Bertz CT molecular complexity index is 1110. The van der Waals surface area contributed by atoms with Gasteiger partial charge in [0.2, 0.25) is 15.9 Å². The van der Waals surface area contributed by atoms with Gasteiger partial charge in [-0.2, -0.15) is 0 Å². The number of nitrogens with one attached hydrogen (secondary N) is 1. The lowest BCUT2D eigenvalue weighted by molar-refractivity contribution is -0.384. The number of piperidine rings is 1. The monoisotopic (exact) mass is 505 g/mol. The SMILES string of the molecule is O=C(Nc1cc([N+](=O)[O-])ccc1Cl)[C@H]1CCCN(S(=O)(=O)Cc2c(Cl)cccc2Cl)C1. The molecule has 0 spiro atoms. The third-order valence-electron chi connectivity index (χ3n) is 4.96. The summed E-state index contributed by atoms with van der Waals surface area (Å²) in [7, 11) is -3.78. The van der Waals surface area contributed by atoms with Crippen molar-refractivity contribution in [3.8, 4) is 0 Å². The van der Waals surface area contributed by atoms with Crippen molar-refractivity contribution in [3.63, 3.8) is 0 Å². The quantitative estimate of drug-likeness (QED) is 0.450. The van der Waals surface area contributed by atoms with E-state index >= 15 is 0 Å². The number of rotatable bonds is 6. The number of sulfonamides is 1. The van der Waals surface area contributed by atoms with Crippen LogP contribution in [0.4, 0.5) is 11.4 Å². The van der Waals surface area contributed by atoms with E-state index in [1.165, 1.54) is 16.4 Å². The molecule has 31 heavy (non-hydrogen) atoms. The fraction of sp³-hybridized carbons (Fsp3) is 0.316. The van der Waals surface area contributed by atoms with Gasteiger partial charge in [0.25, 0.3) is 5.69 Å². The average Bonchev–Trinajstić information content (AvgIpc) is 2.72. The fourth-order valence-electron chi connectivity index (χ4n) is 3.31. The zero-order valence-corrected chi connectivity index (χ0v) is 19.1. The molecule has 1 N–H and O–H groups in total. The summed E-state index contributed by atoms with van der Waals surface area (Å²) < 4.78 is 27.1. The molecule has 1 aliphatic rings. The van der Waals surface area contributed by atoms with Crippen molar-refractivity contribution >= 4 is 62.1 Å². The van der Waals surface area contributed by atoms with E-state index in [1.807, 2.05) is 0 Å². The number of carbonyl (C=O) groups excluding carboxylic acids is 1. The predicted octanol–water partition coefficient (Wildman–Crippen LogP) is 4.74. The Morgan fingerprint density at radius 3 is 2.48 bits per heavy atom. The molecule has 1 heterocycles. The van der Waals surface area contributed by atoms with Gasteiger partial charge in [0.05, 0.1) is 27.3 Å². The highest BCUT2D eigenvalue weighted by Gasteiger charge is 2.33. The molecular formula is C19H18Cl3N3O5S. The number of nitrogens with zero attached hydrogens (tertiary/aromatic N) is 2. The van der Waals surface area contributed by atoms with Crippen molar-refractivity contribution in [1.82, 2.24) is 4.31 Å². The molecule has 12 heteroatoms. The van der Waals surface area contributed by atoms with Gasteiger partial charge in [-0.25, -0.2) is 12.7 Å². The van der Waals surface area contributed by atoms with Gasteiger partial charge >= 0.3 is 0 Å². The third kappa shape index (κ3) is 5.67. The summed E-state index contributed by atoms with van der Waals surface area (Å²) in [5.41, 5.74) is 0.189. The van der Waals surface area contributed by atoms with Crippen LogP contribution in [0.2, 0.25) is 15.1 Å². The number of hydrogen-bond acceptors (Lipinski definition) is 5. The minimum Gasteiger partial charge on any atom is -0.324 e. The van der Waals surface area contributed by atoms with Crippen LogP contribution in [-0.4, -0.2) is 36.6 Å². The third-order valence-corrected chi connectivity index (χ3v) is 7.77. The Morgan fingerprint density at radius 2 is 1.84 bits per heavy atom. The Labute approximate surface area is 194 Å². The normalized spacial score (nSPS) is 17.3. The number of anilines is 1. The second-order valence-electron chi connectivity index (χ2n) is 7.06. The highest BCUT2D eigenvalue weighted by Crippen LogP contribution is 2.30. The van der Waals surface area contributed by atoms with Crippen molar-refractivity contribution in [2.24, 2.45) is 5.92 Å². The van der Waals surface area contributed by atoms with E-state index in [2.05, 4.69) is 5.32 Å². The van der Waals surface area contributed by atoms with E-state index < -0.39 is 26.8 Å². The van der Waals surface area contributed by atoms with Crippen LogP contribution in [0.1, 0.15) is 18.4 Å². The molecule has 2 aromatic rings. The molecular weight excluding hydrogens is 489 g/mol. The smallest absolute Gasteiger partial charge is 0.271 e. The first-order chi connectivity index (χ1) is 14.6. The molecule has 0 saturated carbocycles. The molecule has 1 aliphatic heterocycles. The van der Waals surface area contributed by atoms with E-state index in [0.717, 1.165) is 6.07 Å². The van der Waals surface area contributed by atoms with Gasteiger partial charge in [-0.1, -0.05) is 40.9 Å². The summed E-state index contributed by atoms with van der Waals surface area (Å²) >= 11 is 18.2. The first-order valence-corrected chi connectivity index (χ1v) is 12.0. The van der Waals surface area contributed by atoms with Crippen LogP contribution >= 0.6 is 34.8 Å². The molecule has 166 valence electrons. The van der Waals surface area contributed by atoms with E-state index in [-0.39, 0.29) is 45.3 Å². The number of amides is 1. The molecule has 0 aliphatic carbocycles. The first-order valence-electron chi connectivity index (χ1n) is 9.24.